The Labute approximate surface area is 649 Å². The van der Waals surface area contributed by atoms with Crippen molar-refractivity contribution in [2.24, 2.45) is 11.8 Å². The fourth-order valence-electron chi connectivity index (χ4n) is 16.1. The zero-order valence-electron chi connectivity index (χ0n) is 64.8. The van der Waals surface area contributed by atoms with Crippen LogP contribution in [0.15, 0.2) is 24.3 Å². The number of rotatable bonds is 14. The molecule has 6 fully saturated rings. The fraction of sp³-hybridized carbons (Fsp3) is 0.550. The number of nitrogens with zero attached hydrogens (tertiary/aromatic N) is 16. The molecule has 0 bridgehead atoms. The Morgan fingerprint density at radius 3 is 0.731 bits per heavy atom. The first-order valence-electron chi connectivity index (χ1n) is 38.4. The van der Waals surface area contributed by atoms with Crippen LogP contribution in [0.5, 0.6) is 0 Å². The first kappa shape index (κ1) is 75.5. The van der Waals surface area contributed by atoms with Gasteiger partial charge in [-0.05, 0) is 181 Å². The number of anilines is 4. The zero-order chi connectivity index (χ0) is 75.7. The lowest BCUT2D eigenvalue weighted by molar-refractivity contribution is 0.0689. The van der Waals surface area contributed by atoms with Crippen LogP contribution < -0.4 is 19.6 Å². The highest BCUT2D eigenvalue weighted by Crippen LogP contribution is 2.46. The van der Waals surface area contributed by atoms with E-state index in [0.717, 1.165) is 205 Å². The molecule has 0 N–H and O–H groups in total. The number of amides is 4. The second-order valence-corrected chi connectivity index (χ2v) is 35.3. The van der Waals surface area contributed by atoms with Crippen molar-refractivity contribution in [2.75, 3.05) is 125 Å². The summed E-state index contributed by atoms with van der Waals surface area (Å²) in [5, 5.41) is 4.16. The van der Waals surface area contributed by atoms with Crippen LogP contribution in [0.3, 0.4) is 0 Å². The van der Waals surface area contributed by atoms with Gasteiger partial charge >= 0.3 is 0 Å². The van der Waals surface area contributed by atoms with E-state index in [1.807, 2.05) is 65.2 Å². The van der Waals surface area contributed by atoms with E-state index >= 15 is 0 Å². The van der Waals surface area contributed by atoms with Crippen LogP contribution in [0.25, 0.3) is 42.3 Å². The van der Waals surface area contributed by atoms with Crippen LogP contribution in [0.4, 0.5) is 23.3 Å². The first-order valence-corrected chi connectivity index (χ1v) is 41.7. The topological polar surface area (TPSA) is 234 Å². The van der Waals surface area contributed by atoms with E-state index < -0.39 is 0 Å². The van der Waals surface area contributed by atoms with E-state index in [2.05, 4.69) is 115 Å². The van der Waals surface area contributed by atoms with Crippen LogP contribution in [-0.2, 0) is 45.1 Å². The maximum atomic E-state index is 13.4. The molecule has 28 heteroatoms. The number of aromatic nitrogens is 8. The lowest BCUT2D eigenvalue weighted by Gasteiger charge is -2.29. The minimum Gasteiger partial charge on any atom is -0.378 e. The van der Waals surface area contributed by atoms with Crippen LogP contribution in [0, 0.1) is 67.2 Å². The summed E-state index contributed by atoms with van der Waals surface area (Å²) < 4.78 is 22.0. The summed E-state index contributed by atoms with van der Waals surface area (Å²) in [7, 11) is 0. The number of morpholine rings is 4. The van der Waals surface area contributed by atoms with Gasteiger partial charge in [-0.2, -0.15) is 0 Å². The monoisotopic (exact) mass is 1540 g/mol. The summed E-state index contributed by atoms with van der Waals surface area (Å²) in [4.78, 5) is 112. The highest BCUT2D eigenvalue weighted by atomic mass is 32.1. The summed E-state index contributed by atoms with van der Waals surface area (Å²) in [6, 6.07) is 9.35. The van der Waals surface area contributed by atoms with Crippen LogP contribution in [-0.4, -0.2) is 212 Å². The van der Waals surface area contributed by atoms with Crippen molar-refractivity contribution in [3.8, 4) is 42.3 Å². The molecule has 2 atom stereocenters. The second kappa shape index (κ2) is 31.4. The Bertz CT molecular complexity index is 4450. The molecule has 4 saturated heterocycles. The van der Waals surface area contributed by atoms with E-state index in [-0.39, 0.29) is 35.7 Å². The van der Waals surface area contributed by atoms with Crippen molar-refractivity contribution in [2.45, 2.75) is 173 Å². The predicted molar refractivity (Wildman–Crippen MR) is 426 cm³/mol. The average Bonchev–Trinajstić information content (AvgIpc) is 1.61. The summed E-state index contributed by atoms with van der Waals surface area (Å²) in [5.41, 5.74) is 15.2. The molecule has 8 aromatic heterocycles. The highest BCUT2D eigenvalue weighted by Gasteiger charge is 2.44. The molecule has 108 heavy (non-hydrogen) atoms. The Morgan fingerprint density at radius 1 is 0.324 bits per heavy atom. The summed E-state index contributed by atoms with van der Waals surface area (Å²) in [5.74, 6) is 5.06. The third-order valence-corrected chi connectivity index (χ3v) is 26.6. The molecule has 24 nitrogen and oxygen atoms in total. The minimum atomic E-state index is 0.0905. The Balaban J connectivity index is 0.000000115. The Hall–Kier alpha value is -7.96. The SMILES string of the molecule is Cc1nc(C)c(-c2cc3c(c(N4CCOCC4)n2)C(=O)N(C(C)C)C3)s1.Cc1nc(C)c(-c2cc3c(c(N4CCOCC4)n2)C(=O)N(C(C)C)C3)s1.Cc1nc(C)c(-c2cc3c(c(N4CCOCC4)n2)C(=O)N([C@@H](C)C2CC2)C3)s1.Cc1nc(C)c(-c2cc3c(c(N4CCOCC4)n2)C(=O)N([C@H](C)C2CC2)C3)s1. The molecule has 4 amide bonds. The number of thiazole rings is 4. The van der Waals surface area contributed by atoms with E-state index in [1.165, 1.54) is 25.7 Å². The van der Waals surface area contributed by atoms with Crippen LogP contribution >= 0.6 is 45.3 Å². The lowest BCUT2D eigenvalue weighted by atomic mass is 10.1. The molecule has 10 aliphatic rings. The minimum absolute atomic E-state index is 0.0905. The van der Waals surface area contributed by atoms with Crippen molar-refractivity contribution in [3.63, 3.8) is 0 Å². The third-order valence-electron chi connectivity index (χ3n) is 22.2. The zero-order valence-corrected chi connectivity index (χ0v) is 68.1. The second-order valence-electron chi connectivity index (χ2n) is 30.5. The highest BCUT2D eigenvalue weighted by molar-refractivity contribution is 7.16. The van der Waals surface area contributed by atoms with Gasteiger partial charge in [0.05, 0.1) is 160 Å². The average molecular weight is 1540 g/mol. The molecule has 8 aliphatic heterocycles. The summed E-state index contributed by atoms with van der Waals surface area (Å²) in [6.45, 7) is 43.0. The number of carbonyl (C=O) groups is 4. The van der Waals surface area contributed by atoms with Crippen molar-refractivity contribution in [1.29, 1.82) is 0 Å². The molecule has 18 rings (SSSR count). The van der Waals surface area contributed by atoms with Gasteiger partial charge in [-0.1, -0.05) is 0 Å². The molecule has 572 valence electrons. The Morgan fingerprint density at radius 2 is 0.537 bits per heavy atom. The number of aryl methyl sites for hydroxylation is 8. The molecule has 0 radical (unpaired) electrons. The number of ether oxygens (including phenoxy) is 4. The van der Waals surface area contributed by atoms with Crippen molar-refractivity contribution in [1.82, 2.24) is 59.5 Å². The van der Waals surface area contributed by atoms with Crippen molar-refractivity contribution in [3.05, 3.63) is 112 Å². The van der Waals surface area contributed by atoms with E-state index in [0.29, 0.717) is 103 Å². The van der Waals surface area contributed by atoms with Crippen LogP contribution in [0.1, 0.15) is 174 Å². The molecular weight excluding hydrogens is 1440 g/mol. The third kappa shape index (κ3) is 15.3. The molecule has 0 unspecified atom stereocenters. The van der Waals surface area contributed by atoms with Gasteiger partial charge < -0.3 is 58.1 Å². The molecule has 0 aromatic carbocycles. The van der Waals surface area contributed by atoms with Gasteiger partial charge in [0.25, 0.3) is 23.6 Å². The summed E-state index contributed by atoms with van der Waals surface area (Å²) in [6.07, 6.45) is 4.95. The van der Waals surface area contributed by atoms with Gasteiger partial charge in [0.1, 0.15) is 23.3 Å². The maximum absolute atomic E-state index is 13.4. The number of hydrogen-bond acceptors (Lipinski definition) is 24. The standard InChI is InChI=1S/2C21H26N4O2S.2C19H24N4O2S/c2*1-12-19(28-14(3)22-12)17-10-16-11-25(13(2)15-4-5-15)21(26)18(16)20(23-17)24-6-8-27-9-7-24;2*1-11(2)23-10-14-9-15(17-12(3)20-13(4)26-17)21-18(16(14)19(23)24)22-5-7-25-8-6-22/h2*10,13,15H,4-9,11H2,1-3H3;2*9,11H,5-8,10H2,1-4H3/t2*13-;;/m10../s1. The molecule has 0 spiro atoms. The number of hydrogen-bond donors (Lipinski definition) is 0. The van der Waals surface area contributed by atoms with Crippen LogP contribution in [0.2, 0.25) is 0 Å². The maximum Gasteiger partial charge on any atom is 0.258 e. The predicted octanol–water partition coefficient (Wildman–Crippen LogP) is 12.9. The van der Waals surface area contributed by atoms with Gasteiger partial charge in [-0.3, -0.25) is 19.2 Å². The smallest absolute Gasteiger partial charge is 0.258 e. The molecule has 2 aliphatic carbocycles. The summed E-state index contributed by atoms with van der Waals surface area (Å²) >= 11 is 6.67. The van der Waals surface area contributed by atoms with E-state index in [4.69, 9.17) is 38.9 Å². The largest absolute Gasteiger partial charge is 0.378 e. The number of carbonyl (C=O) groups excluding carboxylic acids is 4. The quantitative estimate of drug-likeness (QED) is 0.0984. The normalized spacial score (nSPS) is 19.0. The number of pyridine rings is 4. The first-order chi connectivity index (χ1) is 52.0. The van der Waals surface area contributed by atoms with E-state index in [1.54, 1.807) is 45.3 Å². The molecule has 8 aromatic rings. The molecular formula is C80H100N16O8S4. The fourth-order valence-corrected chi connectivity index (χ4v) is 19.6. The van der Waals surface area contributed by atoms with Crippen molar-refractivity contribution < 1.29 is 38.1 Å². The van der Waals surface area contributed by atoms with Gasteiger partial charge in [0, 0.05) is 103 Å². The molecule has 16 heterocycles. The van der Waals surface area contributed by atoms with E-state index in [9.17, 15) is 19.2 Å². The molecule has 2 saturated carbocycles. The Kier molecular flexibility index (Phi) is 22.0. The van der Waals surface area contributed by atoms with Gasteiger partial charge in [0.15, 0.2) is 0 Å². The lowest BCUT2D eigenvalue weighted by Crippen LogP contribution is -2.39. The van der Waals surface area contributed by atoms with Gasteiger partial charge in [-0.15, -0.1) is 45.3 Å². The van der Waals surface area contributed by atoms with Gasteiger partial charge in [0.2, 0.25) is 0 Å². The van der Waals surface area contributed by atoms with Crippen molar-refractivity contribution >= 4 is 92.2 Å². The number of fused-ring (bicyclic) bond motifs is 4. The van der Waals surface area contributed by atoms with Gasteiger partial charge in [-0.25, -0.2) is 39.9 Å².